The van der Waals surface area contributed by atoms with Gasteiger partial charge in [-0.3, -0.25) is 0 Å². The van der Waals surface area contributed by atoms with Crippen molar-refractivity contribution in [3.05, 3.63) is 58.1 Å². The minimum absolute atomic E-state index is 0.353. The fraction of sp³-hybridized carbons (Fsp3) is 0.211. The molecule has 0 aliphatic carbocycles. The fourth-order valence-electron chi connectivity index (χ4n) is 2.43. The molecule has 2 aromatic carbocycles. The molecule has 0 bridgehead atoms. The summed E-state index contributed by atoms with van der Waals surface area (Å²) >= 11 is 7.70. The summed E-state index contributed by atoms with van der Waals surface area (Å²) in [5.41, 5.74) is 2.83. The van der Waals surface area contributed by atoms with Crippen molar-refractivity contribution in [3.8, 4) is 27.8 Å². The Kier molecular flexibility index (Phi) is 5.46. The summed E-state index contributed by atoms with van der Waals surface area (Å²) in [6.07, 6.45) is 0. The van der Waals surface area contributed by atoms with E-state index in [2.05, 4.69) is 4.98 Å². The first-order valence-electron chi connectivity index (χ1n) is 7.67. The van der Waals surface area contributed by atoms with Gasteiger partial charge < -0.3 is 14.2 Å². The molecule has 3 rings (SSSR count). The molecule has 0 spiro atoms. The number of benzene rings is 2. The van der Waals surface area contributed by atoms with Crippen LogP contribution in [0.2, 0.25) is 5.02 Å². The van der Waals surface area contributed by atoms with Gasteiger partial charge in [0, 0.05) is 5.38 Å². The molecule has 0 saturated heterocycles. The van der Waals surface area contributed by atoms with E-state index in [1.165, 1.54) is 11.3 Å². The lowest BCUT2D eigenvalue weighted by Crippen LogP contribution is -1.97. The summed E-state index contributed by atoms with van der Waals surface area (Å²) in [6.45, 7) is 2.35. The Morgan fingerprint density at radius 1 is 1.08 bits per heavy atom. The first-order chi connectivity index (χ1) is 12.1. The predicted octanol–water partition coefficient (Wildman–Crippen LogP) is 5.37. The molecule has 25 heavy (non-hydrogen) atoms. The van der Waals surface area contributed by atoms with Crippen LogP contribution in [0.15, 0.2) is 41.8 Å². The number of hydrogen-bond acceptors (Lipinski definition) is 5. The van der Waals surface area contributed by atoms with E-state index >= 15 is 0 Å². The van der Waals surface area contributed by atoms with Gasteiger partial charge in [0.05, 0.1) is 30.5 Å². The predicted molar refractivity (Wildman–Crippen MR) is 101 cm³/mol. The van der Waals surface area contributed by atoms with Gasteiger partial charge in [-0.05, 0) is 36.8 Å². The molecule has 0 aliphatic heterocycles. The standard InChI is InChI=1S/C19H18ClNO3S/c1-12-7-8-15(20)17(9-12)24-10-13-11-25-19(21-13)14-5-4-6-16(22-2)18(14)23-3/h4-9,11H,10H2,1-3H3. The second kappa shape index (κ2) is 7.76. The maximum absolute atomic E-state index is 6.16. The molecule has 0 unspecified atom stereocenters. The van der Waals surface area contributed by atoms with Gasteiger partial charge in [-0.15, -0.1) is 11.3 Å². The first-order valence-corrected chi connectivity index (χ1v) is 8.93. The molecule has 0 atom stereocenters. The topological polar surface area (TPSA) is 40.6 Å². The number of hydrogen-bond donors (Lipinski definition) is 0. The molecular formula is C19H18ClNO3S. The summed E-state index contributed by atoms with van der Waals surface area (Å²) in [5, 5.41) is 3.41. The van der Waals surface area contributed by atoms with Crippen LogP contribution >= 0.6 is 22.9 Å². The van der Waals surface area contributed by atoms with Crippen LogP contribution in [-0.2, 0) is 6.61 Å². The van der Waals surface area contributed by atoms with Crippen LogP contribution in [0.4, 0.5) is 0 Å². The molecule has 0 aliphatic rings. The smallest absolute Gasteiger partial charge is 0.170 e. The Hall–Kier alpha value is -2.24. The molecule has 0 saturated carbocycles. The number of para-hydroxylation sites is 1. The minimum atomic E-state index is 0.353. The molecule has 6 heteroatoms. The quantitative estimate of drug-likeness (QED) is 0.580. The molecule has 0 N–H and O–H groups in total. The van der Waals surface area contributed by atoms with Gasteiger partial charge in [0.2, 0.25) is 0 Å². The molecule has 0 radical (unpaired) electrons. The van der Waals surface area contributed by atoms with Crippen LogP contribution in [0, 0.1) is 6.92 Å². The molecule has 1 aromatic heterocycles. The van der Waals surface area contributed by atoms with E-state index in [0.717, 1.165) is 21.8 Å². The van der Waals surface area contributed by atoms with E-state index in [-0.39, 0.29) is 0 Å². The Morgan fingerprint density at radius 3 is 2.68 bits per heavy atom. The van der Waals surface area contributed by atoms with Crippen molar-refractivity contribution in [1.82, 2.24) is 4.98 Å². The second-order valence-electron chi connectivity index (χ2n) is 5.41. The van der Waals surface area contributed by atoms with E-state index in [9.17, 15) is 0 Å². The van der Waals surface area contributed by atoms with Crippen LogP contribution in [0.3, 0.4) is 0 Å². The molecule has 3 aromatic rings. The number of halogens is 1. The molecule has 130 valence electrons. The average molecular weight is 376 g/mol. The molecular weight excluding hydrogens is 358 g/mol. The lowest BCUT2D eigenvalue weighted by atomic mass is 10.2. The third-order valence-corrected chi connectivity index (χ3v) is 4.88. The molecule has 0 fully saturated rings. The van der Waals surface area contributed by atoms with E-state index in [1.54, 1.807) is 14.2 Å². The zero-order chi connectivity index (χ0) is 17.8. The zero-order valence-electron chi connectivity index (χ0n) is 14.2. The van der Waals surface area contributed by atoms with Crippen LogP contribution < -0.4 is 14.2 Å². The Balaban J connectivity index is 1.80. The van der Waals surface area contributed by atoms with Crippen LogP contribution in [0.1, 0.15) is 11.3 Å². The van der Waals surface area contributed by atoms with Crippen LogP contribution in [0.25, 0.3) is 10.6 Å². The Morgan fingerprint density at radius 2 is 1.92 bits per heavy atom. The maximum atomic E-state index is 6.16. The normalized spacial score (nSPS) is 10.6. The van der Waals surface area contributed by atoms with E-state index in [4.69, 9.17) is 25.8 Å². The number of nitrogens with zero attached hydrogens (tertiary/aromatic N) is 1. The van der Waals surface area contributed by atoms with Crippen LogP contribution in [-0.4, -0.2) is 19.2 Å². The van der Waals surface area contributed by atoms with Crippen molar-refractivity contribution in [3.63, 3.8) is 0 Å². The number of aromatic nitrogens is 1. The third kappa shape index (κ3) is 3.89. The van der Waals surface area contributed by atoms with Gasteiger partial charge in [0.25, 0.3) is 0 Å². The monoisotopic (exact) mass is 375 g/mol. The summed E-state index contributed by atoms with van der Waals surface area (Å²) < 4.78 is 16.6. The van der Waals surface area contributed by atoms with E-state index in [0.29, 0.717) is 28.9 Å². The van der Waals surface area contributed by atoms with Gasteiger partial charge in [-0.25, -0.2) is 4.98 Å². The highest BCUT2D eigenvalue weighted by atomic mass is 35.5. The first kappa shape index (κ1) is 17.6. The Bertz CT molecular complexity index is 879. The highest BCUT2D eigenvalue weighted by molar-refractivity contribution is 7.13. The number of methoxy groups -OCH3 is 2. The third-order valence-electron chi connectivity index (χ3n) is 3.65. The summed E-state index contributed by atoms with van der Waals surface area (Å²) in [6, 6.07) is 11.4. The van der Waals surface area contributed by atoms with Crippen molar-refractivity contribution in [2.75, 3.05) is 14.2 Å². The number of ether oxygens (including phenoxy) is 3. The summed E-state index contributed by atoms with van der Waals surface area (Å²) in [5.74, 6) is 2.02. The highest BCUT2D eigenvalue weighted by Crippen LogP contribution is 2.39. The van der Waals surface area contributed by atoms with Crippen molar-refractivity contribution >= 4 is 22.9 Å². The number of rotatable bonds is 6. The van der Waals surface area contributed by atoms with Crippen molar-refractivity contribution in [1.29, 1.82) is 0 Å². The second-order valence-corrected chi connectivity index (χ2v) is 6.67. The van der Waals surface area contributed by atoms with Crippen LogP contribution in [0.5, 0.6) is 17.2 Å². The highest BCUT2D eigenvalue weighted by Gasteiger charge is 2.15. The molecule has 4 nitrogen and oxygen atoms in total. The SMILES string of the molecule is COc1cccc(-c2nc(COc3cc(C)ccc3Cl)cs2)c1OC. The van der Waals surface area contributed by atoms with Crippen molar-refractivity contribution in [2.45, 2.75) is 13.5 Å². The van der Waals surface area contributed by atoms with Gasteiger partial charge in [-0.1, -0.05) is 23.7 Å². The molecule has 0 amide bonds. The van der Waals surface area contributed by atoms with Gasteiger partial charge in [-0.2, -0.15) is 0 Å². The molecule has 1 heterocycles. The largest absolute Gasteiger partial charge is 0.493 e. The van der Waals surface area contributed by atoms with Gasteiger partial charge in [0.15, 0.2) is 11.5 Å². The lowest BCUT2D eigenvalue weighted by Gasteiger charge is -2.10. The number of aryl methyl sites for hydroxylation is 1. The maximum Gasteiger partial charge on any atom is 0.170 e. The lowest BCUT2D eigenvalue weighted by molar-refractivity contribution is 0.302. The Labute approximate surface area is 156 Å². The summed E-state index contributed by atoms with van der Waals surface area (Å²) in [7, 11) is 3.24. The zero-order valence-corrected chi connectivity index (χ0v) is 15.8. The van der Waals surface area contributed by atoms with Crippen molar-refractivity contribution in [2.24, 2.45) is 0 Å². The fourth-order valence-corrected chi connectivity index (χ4v) is 3.42. The summed E-state index contributed by atoms with van der Waals surface area (Å²) in [4.78, 5) is 4.65. The van der Waals surface area contributed by atoms with Crippen molar-refractivity contribution < 1.29 is 14.2 Å². The average Bonchev–Trinajstić information content (AvgIpc) is 3.10. The minimum Gasteiger partial charge on any atom is -0.493 e. The van der Waals surface area contributed by atoms with E-state index in [1.807, 2.05) is 48.7 Å². The van der Waals surface area contributed by atoms with Gasteiger partial charge in [0.1, 0.15) is 17.4 Å². The van der Waals surface area contributed by atoms with E-state index < -0.39 is 0 Å². The number of thiazole rings is 1. The van der Waals surface area contributed by atoms with Gasteiger partial charge >= 0.3 is 0 Å².